The fraction of sp³-hybridized carbons (Fsp3) is 1.00. The van der Waals surface area contributed by atoms with Crippen LogP contribution in [0, 0.1) is 5.92 Å². The van der Waals surface area contributed by atoms with Crippen LogP contribution in [-0.4, -0.2) is 61.2 Å². The summed E-state index contributed by atoms with van der Waals surface area (Å²) in [4.78, 5) is 5.33. The van der Waals surface area contributed by atoms with Crippen LogP contribution in [-0.2, 0) is 0 Å². The summed E-state index contributed by atoms with van der Waals surface area (Å²) in [6, 6.07) is 1.66. The van der Waals surface area contributed by atoms with Crippen molar-refractivity contribution in [3.8, 4) is 0 Å². The summed E-state index contributed by atoms with van der Waals surface area (Å²) >= 11 is 0. The quantitative estimate of drug-likeness (QED) is 0.815. The summed E-state index contributed by atoms with van der Waals surface area (Å²) in [5.41, 5.74) is 0. The van der Waals surface area contributed by atoms with Crippen LogP contribution in [0.3, 0.4) is 0 Å². The van der Waals surface area contributed by atoms with Gasteiger partial charge in [0.05, 0.1) is 0 Å². The molecule has 0 amide bonds. The number of nitrogens with zero attached hydrogens (tertiary/aromatic N) is 2. The number of hydrogen-bond donors (Lipinski definition) is 1. The molecular formula is C20H45N3. The van der Waals surface area contributed by atoms with Crippen LogP contribution < -0.4 is 5.32 Å². The largest absolute Gasteiger partial charge is 0.314 e. The van der Waals surface area contributed by atoms with Crippen LogP contribution in [0.4, 0.5) is 0 Å². The molecule has 1 aliphatic heterocycles. The van der Waals surface area contributed by atoms with E-state index in [1.807, 2.05) is 27.7 Å². The van der Waals surface area contributed by atoms with E-state index in [4.69, 9.17) is 0 Å². The Balaban J connectivity index is 0.00000112. The van der Waals surface area contributed by atoms with Crippen molar-refractivity contribution < 1.29 is 0 Å². The third-order valence-corrected chi connectivity index (χ3v) is 4.88. The minimum atomic E-state index is 0.778. The minimum absolute atomic E-state index is 0.778. The first kappa shape index (κ1) is 22.9. The van der Waals surface area contributed by atoms with Gasteiger partial charge in [0.1, 0.15) is 0 Å². The number of nitrogens with one attached hydrogen (secondary N) is 1. The average molecular weight is 328 g/mol. The van der Waals surface area contributed by atoms with Crippen LogP contribution in [0.15, 0.2) is 0 Å². The molecule has 0 aromatic rings. The number of hydrogen-bond acceptors (Lipinski definition) is 3. The predicted octanol–water partition coefficient (Wildman–Crippen LogP) is 4.23. The molecule has 1 saturated heterocycles. The van der Waals surface area contributed by atoms with Gasteiger partial charge in [0.15, 0.2) is 0 Å². The average Bonchev–Trinajstić information content (AvgIpc) is 2.64. The molecule has 23 heavy (non-hydrogen) atoms. The lowest BCUT2D eigenvalue weighted by Gasteiger charge is -2.42. The molecule has 0 radical (unpaired) electrons. The molecule has 3 heteroatoms. The van der Waals surface area contributed by atoms with Crippen LogP contribution in [0.25, 0.3) is 0 Å². The van der Waals surface area contributed by atoms with Gasteiger partial charge in [-0.3, -0.25) is 4.90 Å². The lowest BCUT2D eigenvalue weighted by Crippen LogP contribution is -2.52. The van der Waals surface area contributed by atoms with Gasteiger partial charge in [0, 0.05) is 38.3 Å². The second kappa shape index (κ2) is 14.2. The molecule has 0 unspecified atom stereocenters. The Labute approximate surface area is 147 Å². The van der Waals surface area contributed by atoms with Crippen LogP contribution in [0.5, 0.6) is 0 Å². The van der Waals surface area contributed by atoms with E-state index in [1.165, 1.54) is 65.0 Å². The Morgan fingerprint density at radius 3 is 1.83 bits per heavy atom. The van der Waals surface area contributed by atoms with Gasteiger partial charge < -0.3 is 10.2 Å². The zero-order valence-electron chi connectivity index (χ0n) is 17.2. The monoisotopic (exact) mass is 327 g/mol. The summed E-state index contributed by atoms with van der Waals surface area (Å²) in [5.74, 6) is 0.778. The van der Waals surface area contributed by atoms with Crippen LogP contribution >= 0.6 is 0 Å². The molecule has 2 fully saturated rings. The molecule has 0 bridgehead atoms. The first-order valence-corrected chi connectivity index (χ1v) is 10.4. The molecular weight excluding hydrogens is 282 g/mol. The summed E-state index contributed by atoms with van der Waals surface area (Å²) in [5, 5.41) is 3.73. The van der Waals surface area contributed by atoms with Crippen molar-refractivity contribution in [2.45, 2.75) is 86.2 Å². The number of rotatable bonds is 5. The highest BCUT2D eigenvalue weighted by atomic mass is 15.3. The SMILES string of the molecule is CC.CC.CCN1CCN(C2CCC(NCC(C)C)CC2)CC1. The minimum Gasteiger partial charge on any atom is -0.314 e. The number of piperazine rings is 1. The molecule has 140 valence electrons. The van der Waals surface area contributed by atoms with E-state index in [0.29, 0.717) is 0 Å². The van der Waals surface area contributed by atoms with Gasteiger partial charge in [-0.2, -0.15) is 0 Å². The summed E-state index contributed by atoms with van der Waals surface area (Å²) < 4.78 is 0. The lowest BCUT2D eigenvalue weighted by atomic mass is 9.89. The van der Waals surface area contributed by atoms with E-state index in [-0.39, 0.29) is 0 Å². The maximum absolute atomic E-state index is 3.73. The van der Waals surface area contributed by atoms with Gasteiger partial charge in [-0.05, 0) is 44.7 Å². The van der Waals surface area contributed by atoms with E-state index in [1.54, 1.807) is 0 Å². The Bertz CT molecular complexity index is 239. The van der Waals surface area contributed by atoms with Gasteiger partial charge in [-0.15, -0.1) is 0 Å². The zero-order valence-corrected chi connectivity index (χ0v) is 17.2. The lowest BCUT2D eigenvalue weighted by molar-refractivity contribution is 0.0763. The van der Waals surface area contributed by atoms with Crippen molar-refractivity contribution in [3.63, 3.8) is 0 Å². The van der Waals surface area contributed by atoms with Crippen molar-refractivity contribution in [2.75, 3.05) is 39.3 Å². The topological polar surface area (TPSA) is 18.5 Å². The number of likely N-dealkylation sites (N-methyl/N-ethyl adjacent to an activating group) is 1. The van der Waals surface area contributed by atoms with Crippen molar-refractivity contribution >= 4 is 0 Å². The van der Waals surface area contributed by atoms with Gasteiger partial charge in [0.25, 0.3) is 0 Å². The molecule has 2 rings (SSSR count). The molecule has 1 heterocycles. The Kier molecular flexibility index (Phi) is 14.2. The Hall–Kier alpha value is -0.120. The van der Waals surface area contributed by atoms with E-state index >= 15 is 0 Å². The van der Waals surface area contributed by atoms with Gasteiger partial charge >= 0.3 is 0 Å². The molecule has 0 atom stereocenters. The normalized spacial score (nSPS) is 26.1. The maximum atomic E-state index is 3.73. The molecule has 0 spiro atoms. The third kappa shape index (κ3) is 9.07. The standard InChI is InChI=1S/C16H33N3.2C2H6/c1-4-18-9-11-19(12-10-18)16-7-5-15(6-8-16)17-13-14(2)3;2*1-2/h14-17H,4-13H2,1-3H3;2*1-2H3. The molecule has 1 aliphatic carbocycles. The second-order valence-corrected chi connectivity index (χ2v) is 6.78. The zero-order chi connectivity index (χ0) is 17.7. The fourth-order valence-electron chi connectivity index (χ4n) is 3.49. The fourth-order valence-corrected chi connectivity index (χ4v) is 3.49. The summed E-state index contributed by atoms with van der Waals surface area (Å²) in [6.45, 7) is 22.4. The van der Waals surface area contributed by atoms with E-state index in [0.717, 1.165) is 18.0 Å². The third-order valence-electron chi connectivity index (χ3n) is 4.88. The molecule has 1 saturated carbocycles. The molecule has 0 aromatic heterocycles. The highest BCUT2D eigenvalue weighted by Gasteiger charge is 2.27. The van der Waals surface area contributed by atoms with Crippen LogP contribution in [0.2, 0.25) is 0 Å². The molecule has 0 aromatic carbocycles. The predicted molar refractivity (Wildman–Crippen MR) is 105 cm³/mol. The molecule has 3 nitrogen and oxygen atoms in total. The Morgan fingerprint density at radius 1 is 0.870 bits per heavy atom. The van der Waals surface area contributed by atoms with E-state index in [9.17, 15) is 0 Å². The first-order valence-electron chi connectivity index (χ1n) is 10.4. The summed E-state index contributed by atoms with van der Waals surface area (Å²) in [7, 11) is 0. The van der Waals surface area contributed by atoms with Gasteiger partial charge in [-0.25, -0.2) is 0 Å². The van der Waals surface area contributed by atoms with Crippen molar-refractivity contribution in [3.05, 3.63) is 0 Å². The maximum Gasteiger partial charge on any atom is 0.0113 e. The van der Waals surface area contributed by atoms with Crippen molar-refractivity contribution in [2.24, 2.45) is 5.92 Å². The smallest absolute Gasteiger partial charge is 0.0113 e. The molecule has 1 N–H and O–H groups in total. The highest BCUT2D eigenvalue weighted by molar-refractivity contribution is 4.85. The Morgan fingerprint density at radius 2 is 1.39 bits per heavy atom. The van der Waals surface area contributed by atoms with Crippen molar-refractivity contribution in [1.29, 1.82) is 0 Å². The second-order valence-electron chi connectivity index (χ2n) is 6.78. The van der Waals surface area contributed by atoms with E-state index in [2.05, 4.69) is 35.9 Å². The van der Waals surface area contributed by atoms with Crippen LogP contribution in [0.1, 0.15) is 74.1 Å². The van der Waals surface area contributed by atoms with Gasteiger partial charge in [0.2, 0.25) is 0 Å². The van der Waals surface area contributed by atoms with Gasteiger partial charge in [-0.1, -0.05) is 48.5 Å². The van der Waals surface area contributed by atoms with E-state index < -0.39 is 0 Å². The summed E-state index contributed by atoms with van der Waals surface area (Å²) in [6.07, 6.45) is 5.57. The first-order chi connectivity index (χ1) is 11.2. The highest BCUT2D eigenvalue weighted by Crippen LogP contribution is 2.24. The molecule has 2 aliphatic rings. The van der Waals surface area contributed by atoms with Crippen molar-refractivity contribution in [1.82, 2.24) is 15.1 Å².